The highest BCUT2D eigenvalue weighted by Gasteiger charge is 2.35. The normalized spacial score (nSPS) is 12.0. The van der Waals surface area contributed by atoms with Gasteiger partial charge in [0, 0.05) is 17.3 Å². The monoisotopic (exact) mass is 512 g/mol. The fraction of sp³-hybridized carbons (Fsp3) is 0.222. The molecule has 0 atom stereocenters. The van der Waals surface area contributed by atoms with Crippen LogP contribution in [-0.2, 0) is 17.5 Å². The predicted molar refractivity (Wildman–Crippen MR) is 132 cm³/mol. The molecule has 0 aliphatic rings. The van der Waals surface area contributed by atoms with Gasteiger partial charge in [0.15, 0.2) is 0 Å². The van der Waals surface area contributed by atoms with Crippen LogP contribution < -0.4 is 10.6 Å². The number of aromatic nitrogens is 2. The molecule has 1 heterocycles. The zero-order valence-electron chi connectivity index (χ0n) is 20.3. The summed E-state index contributed by atoms with van der Waals surface area (Å²) < 4.78 is 55.6. The van der Waals surface area contributed by atoms with Crippen LogP contribution in [0.15, 0.2) is 66.9 Å². The molecule has 192 valence electrons. The average molecular weight is 513 g/mol. The van der Waals surface area contributed by atoms with E-state index >= 15 is 0 Å². The van der Waals surface area contributed by atoms with E-state index < -0.39 is 34.4 Å². The molecule has 0 saturated carbocycles. The topological polar surface area (TPSA) is 76.0 Å². The van der Waals surface area contributed by atoms with Gasteiger partial charge in [0.25, 0.3) is 5.91 Å². The van der Waals surface area contributed by atoms with Crippen molar-refractivity contribution >= 4 is 28.4 Å². The zero-order chi connectivity index (χ0) is 27.0. The number of nitrogens with zero attached hydrogens (tertiary/aromatic N) is 2. The molecule has 10 heteroatoms. The van der Waals surface area contributed by atoms with Crippen LogP contribution in [0.1, 0.15) is 42.3 Å². The molecule has 0 fully saturated rings. The van der Waals surface area contributed by atoms with Gasteiger partial charge in [0.05, 0.1) is 34.2 Å². The summed E-state index contributed by atoms with van der Waals surface area (Å²) in [5.41, 5.74) is -0.524. The lowest BCUT2D eigenvalue weighted by Gasteiger charge is -2.19. The van der Waals surface area contributed by atoms with Crippen molar-refractivity contribution in [3.8, 4) is 5.69 Å². The summed E-state index contributed by atoms with van der Waals surface area (Å²) in [5, 5.41) is 10.2. The van der Waals surface area contributed by atoms with E-state index in [1.807, 2.05) is 0 Å². The zero-order valence-corrected chi connectivity index (χ0v) is 20.3. The first-order valence-electron chi connectivity index (χ1n) is 11.4. The molecule has 4 aromatic rings. The Morgan fingerprint density at radius 2 is 1.62 bits per heavy atom. The number of fused-ring (bicyclic) bond motifs is 1. The number of hydrogen-bond donors (Lipinski definition) is 2. The summed E-state index contributed by atoms with van der Waals surface area (Å²) in [6.45, 7) is 5.25. The molecular weight excluding hydrogens is 488 g/mol. The summed E-state index contributed by atoms with van der Waals surface area (Å²) in [7, 11) is 0. The van der Waals surface area contributed by atoms with Gasteiger partial charge in [-0.1, -0.05) is 39.0 Å². The Morgan fingerprint density at radius 3 is 2.27 bits per heavy atom. The first-order valence-corrected chi connectivity index (χ1v) is 11.4. The number of alkyl halides is 3. The molecule has 2 amide bonds. The maximum atomic E-state index is 13.6. The maximum Gasteiger partial charge on any atom is 0.417 e. The van der Waals surface area contributed by atoms with Crippen LogP contribution in [0.4, 0.5) is 23.2 Å². The highest BCUT2D eigenvalue weighted by atomic mass is 19.4. The SMILES string of the molecule is CC(C)(C)C(=O)NCc1ccc2c(cnn2-c2ccc(F)cc2)c1NC(=O)c1ccccc1C(F)(F)F. The van der Waals surface area contributed by atoms with Crippen molar-refractivity contribution in [3.05, 3.63) is 89.4 Å². The van der Waals surface area contributed by atoms with E-state index in [0.717, 1.165) is 12.1 Å². The predicted octanol–water partition coefficient (Wildman–Crippen LogP) is 6.10. The van der Waals surface area contributed by atoms with Crippen LogP contribution in [0, 0.1) is 11.2 Å². The van der Waals surface area contributed by atoms with Gasteiger partial charge in [-0.05, 0) is 48.0 Å². The molecule has 2 N–H and O–H groups in total. The van der Waals surface area contributed by atoms with Crippen LogP contribution in [0.2, 0.25) is 0 Å². The first kappa shape index (κ1) is 25.9. The van der Waals surface area contributed by atoms with E-state index in [9.17, 15) is 27.2 Å². The van der Waals surface area contributed by atoms with Crippen molar-refractivity contribution in [1.29, 1.82) is 0 Å². The van der Waals surface area contributed by atoms with Gasteiger partial charge < -0.3 is 10.6 Å². The van der Waals surface area contributed by atoms with Crippen molar-refractivity contribution in [2.75, 3.05) is 5.32 Å². The van der Waals surface area contributed by atoms with Crippen molar-refractivity contribution in [2.45, 2.75) is 33.5 Å². The average Bonchev–Trinajstić information content (AvgIpc) is 3.27. The van der Waals surface area contributed by atoms with Crippen molar-refractivity contribution < 1.29 is 27.2 Å². The van der Waals surface area contributed by atoms with Crippen LogP contribution >= 0.6 is 0 Å². The third kappa shape index (κ3) is 5.47. The number of carbonyl (C=O) groups is 2. The highest BCUT2D eigenvalue weighted by Crippen LogP contribution is 2.34. The van der Waals surface area contributed by atoms with Crippen LogP contribution in [0.5, 0.6) is 0 Å². The lowest BCUT2D eigenvalue weighted by molar-refractivity contribution is -0.138. The van der Waals surface area contributed by atoms with E-state index in [4.69, 9.17) is 0 Å². The highest BCUT2D eigenvalue weighted by molar-refractivity contribution is 6.10. The van der Waals surface area contributed by atoms with E-state index in [-0.39, 0.29) is 18.1 Å². The van der Waals surface area contributed by atoms with Gasteiger partial charge in [-0.15, -0.1) is 0 Å². The smallest absolute Gasteiger partial charge is 0.351 e. The minimum atomic E-state index is -4.73. The second-order valence-corrected chi connectivity index (χ2v) is 9.50. The molecule has 6 nitrogen and oxygen atoms in total. The number of nitrogens with one attached hydrogen (secondary N) is 2. The second kappa shape index (κ2) is 9.68. The van der Waals surface area contributed by atoms with Crippen LogP contribution in [-0.4, -0.2) is 21.6 Å². The van der Waals surface area contributed by atoms with E-state index in [0.29, 0.717) is 22.2 Å². The molecule has 0 spiro atoms. The van der Waals surface area contributed by atoms with E-state index in [1.165, 1.54) is 47.3 Å². The summed E-state index contributed by atoms with van der Waals surface area (Å²) in [6, 6.07) is 13.5. The van der Waals surface area contributed by atoms with Gasteiger partial charge in [-0.25, -0.2) is 9.07 Å². The Kier molecular flexibility index (Phi) is 6.77. The summed E-state index contributed by atoms with van der Waals surface area (Å²) in [4.78, 5) is 25.6. The number of halogens is 4. The number of benzene rings is 3. The molecule has 0 saturated heterocycles. The number of carbonyl (C=O) groups excluding carboxylic acids is 2. The second-order valence-electron chi connectivity index (χ2n) is 9.50. The largest absolute Gasteiger partial charge is 0.417 e. The molecule has 0 unspecified atom stereocenters. The fourth-order valence-electron chi connectivity index (χ4n) is 3.78. The first-order chi connectivity index (χ1) is 17.4. The number of rotatable bonds is 5. The lowest BCUT2D eigenvalue weighted by atomic mass is 9.95. The van der Waals surface area contributed by atoms with Crippen LogP contribution in [0.3, 0.4) is 0 Å². The van der Waals surface area contributed by atoms with E-state index in [1.54, 1.807) is 32.9 Å². The fourth-order valence-corrected chi connectivity index (χ4v) is 3.78. The Balaban J connectivity index is 1.79. The standard InChI is InChI=1S/C27H24F4N4O2/c1-26(2,3)25(37)32-14-16-8-13-22-20(15-33-35(22)18-11-9-17(28)10-12-18)23(16)34-24(36)19-6-4-5-7-21(19)27(29,30)31/h4-13,15H,14H2,1-3H3,(H,32,37)(H,34,36). The Labute approximate surface area is 210 Å². The van der Waals surface area contributed by atoms with Gasteiger partial charge >= 0.3 is 6.18 Å². The number of hydrogen-bond acceptors (Lipinski definition) is 3. The quantitative estimate of drug-likeness (QED) is 0.318. The van der Waals surface area contributed by atoms with Crippen molar-refractivity contribution in [3.63, 3.8) is 0 Å². The van der Waals surface area contributed by atoms with Crippen molar-refractivity contribution in [1.82, 2.24) is 15.1 Å². The summed E-state index contributed by atoms with van der Waals surface area (Å²) in [6.07, 6.45) is -3.27. The van der Waals surface area contributed by atoms with Crippen LogP contribution in [0.25, 0.3) is 16.6 Å². The van der Waals surface area contributed by atoms with Gasteiger partial charge in [-0.3, -0.25) is 9.59 Å². The number of amides is 2. The summed E-state index contributed by atoms with van der Waals surface area (Å²) in [5.74, 6) is -1.62. The molecule has 37 heavy (non-hydrogen) atoms. The molecule has 0 radical (unpaired) electrons. The molecule has 1 aromatic heterocycles. The third-order valence-corrected chi connectivity index (χ3v) is 5.75. The molecule has 4 rings (SSSR count). The lowest BCUT2D eigenvalue weighted by Crippen LogP contribution is -2.34. The van der Waals surface area contributed by atoms with Gasteiger partial charge in [-0.2, -0.15) is 18.3 Å². The molecular formula is C27H24F4N4O2. The number of anilines is 1. The summed E-state index contributed by atoms with van der Waals surface area (Å²) >= 11 is 0. The third-order valence-electron chi connectivity index (χ3n) is 5.75. The van der Waals surface area contributed by atoms with Gasteiger partial charge in [0.1, 0.15) is 5.82 Å². The molecule has 0 aliphatic heterocycles. The van der Waals surface area contributed by atoms with E-state index in [2.05, 4.69) is 15.7 Å². The molecule has 0 bridgehead atoms. The maximum absolute atomic E-state index is 13.6. The Hall–Kier alpha value is -4.21. The molecule has 0 aliphatic carbocycles. The molecule has 3 aromatic carbocycles. The Bertz CT molecular complexity index is 1470. The Morgan fingerprint density at radius 1 is 0.946 bits per heavy atom. The minimum absolute atomic E-state index is 0.0182. The minimum Gasteiger partial charge on any atom is -0.351 e. The van der Waals surface area contributed by atoms with Crippen molar-refractivity contribution in [2.24, 2.45) is 5.41 Å². The van der Waals surface area contributed by atoms with Gasteiger partial charge in [0.2, 0.25) is 5.91 Å².